The summed E-state index contributed by atoms with van der Waals surface area (Å²) in [5.74, 6) is -0.199. The molecule has 18 heavy (non-hydrogen) atoms. The Morgan fingerprint density at radius 3 is 2.39 bits per heavy atom. The van der Waals surface area contributed by atoms with Gasteiger partial charge in [0.25, 0.3) is 0 Å². The van der Waals surface area contributed by atoms with Gasteiger partial charge in [-0.15, -0.1) is 0 Å². The molecular weight excluding hydrogens is 249 g/mol. The van der Waals surface area contributed by atoms with Crippen LogP contribution in [0.3, 0.4) is 0 Å². The van der Waals surface area contributed by atoms with Crippen LogP contribution in [0.1, 0.15) is 22.7 Å². The van der Waals surface area contributed by atoms with Crippen molar-refractivity contribution in [2.45, 2.75) is 13.0 Å². The predicted molar refractivity (Wildman–Crippen MR) is 73.5 cm³/mol. The maximum atomic E-state index is 13.9. The molecule has 0 aromatic heterocycles. The maximum Gasteiger partial charge on any atom is 0.128 e. The first-order chi connectivity index (χ1) is 8.61. The molecule has 2 aromatic carbocycles. The van der Waals surface area contributed by atoms with Gasteiger partial charge in [-0.05, 0) is 37.7 Å². The lowest BCUT2D eigenvalue weighted by atomic mass is 9.97. The number of nitrogens with one attached hydrogen (secondary N) is 1. The molecule has 1 N–H and O–H groups in total. The number of aryl methyl sites for hydroxylation is 1. The molecule has 0 saturated carbocycles. The van der Waals surface area contributed by atoms with Crippen molar-refractivity contribution in [2.75, 3.05) is 7.05 Å². The monoisotopic (exact) mass is 263 g/mol. The molecule has 0 radical (unpaired) electrons. The minimum absolute atomic E-state index is 0.165. The maximum absolute atomic E-state index is 13.9. The van der Waals surface area contributed by atoms with Crippen LogP contribution in [0.4, 0.5) is 4.39 Å². The first kappa shape index (κ1) is 13.1. The first-order valence-corrected chi connectivity index (χ1v) is 6.18. The summed E-state index contributed by atoms with van der Waals surface area (Å²) in [5.41, 5.74) is 2.69. The van der Waals surface area contributed by atoms with Crippen LogP contribution in [0.15, 0.2) is 42.5 Å². The smallest absolute Gasteiger partial charge is 0.128 e. The molecule has 0 bridgehead atoms. The molecule has 0 spiro atoms. The summed E-state index contributed by atoms with van der Waals surface area (Å²) in [7, 11) is 1.82. The Hall–Kier alpha value is -1.38. The van der Waals surface area contributed by atoms with Crippen molar-refractivity contribution in [3.05, 3.63) is 70.0 Å². The Labute approximate surface area is 112 Å². The quantitative estimate of drug-likeness (QED) is 0.879. The third kappa shape index (κ3) is 2.71. The van der Waals surface area contributed by atoms with Crippen LogP contribution < -0.4 is 5.32 Å². The van der Waals surface area contributed by atoms with Crippen LogP contribution in [0, 0.1) is 12.7 Å². The molecule has 1 atom stereocenters. The molecule has 94 valence electrons. The van der Waals surface area contributed by atoms with Gasteiger partial charge in [-0.25, -0.2) is 4.39 Å². The molecule has 0 heterocycles. The standard InChI is InChI=1S/C15H15ClFN/c1-10-3-8-14(17)13(9-10)15(18-2)11-4-6-12(16)7-5-11/h3-9,15,18H,1-2H3. The zero-order valence-electron chi connectivity index (χ0n) is 10.4. The molecule has 0 aliphatic rings. The van der Waals surface area contributed by atoms with E-state index in [9.17, 15) is 4.39 Å². The van der Waals surface area contributed by atoms with E-state index in [1.807, 2.05) is 44.3 Å². The van der Waals surface area contributed by atoms with Gasteiger partial charge < -0.3 is 5.32 Å². The van der Waals surface area contributed by atoms with E-state index in [2.05, 4.69) is 5.32 Å². The van der Waals surface area contributed by atoms with Crippen LogP contribution in [0.25, 0.3) is 0 Å². The van der Waals surface area contributed by atoms with E-state index in [0.29, 0.717) is 10.6 Å². The first-order valence-electron chi connectivity index (χ1n) is 5.80. The highest BCUT2D eigenvalue weighted by molar-refractivity contribution is 6.30. The largest absolute Gasteiger partial charge is 0.309 e. The average molecular weight is 264 g/mol. The second-order valence-corrected chi connectivity index (χ2v) is 4.73. The molecule has 0 saturated heterocycles. The van der Waals surface area contributed by atoms with E-state index in [0.717, 1.165) is 11.1 Å². The highest BCUT2D eigenvalue weighted by atomic mass is 35.5. The Balaban J connectivity index is 2.44. The Morgan fingerprint density at radius 1 is 1.11 bits per heavy atom. The van der Waals surface area contributed by atoms with Crippen LogP contribution in [0.2, 0.25) is 5.02 Å². The van der Waals surface area contributed by atoms with Gasteiger partial charge in [-0.3, -0.25) is 0 Å². The molecule has 2 rings (SSSR count). The summed E-state index contributed by atoms with van der Waals surface area (Å²) in [6, 6.07) is 12.4. The van der Waals surface area contributed by atoms with Gasteiger partial charge in [0.15, 0.2) is 0 Å². The van der Waals surface area contributed by atoms with E-state index in [-0.39, 0.29) is 11.9 Å². The Morgan fingerprint density at radius 2 is 1.78 bits per heavy atom. The van der Waals surface area contributed by atoms with E-state index in [1.165, 1.54) is 6.07 Å². The summed E-state index contributed by atoms with van der Waals surface area (Å²) < 4.78 is 13.9. The van der Waals surface area contributed by atoms with Crippen LogP contribution in [-0.4, -0.2) is 7.05 Å². The zero-order valence-corrected chi connectivity index (χ0v) is 11.1. The molecule has 1 nitrogen and oxygen atoms in total. The minimum atomic E-state index is -0.199. The number of benzene rings is 2. The molecule has 1 unspecified atom stereocenters. The summed E-state index contributed by atoms with van der Waals surface area (Å²) in [6.45, 7) is 1.96. The van der Waals surface area contributed by atoms with Crippen molar-refractivity contribution in [3.8, 4) is 0 Å². The predicted octanol–water partition coefficient (Wildman–Crippen LogP) is 4.10. The third-order valence-corrected chi connectivity index (χ3v) is 3.21. The lowest BCUT2D eigenvalue weighted by Crippen LogP contribution is -2.19. The Bertz CT molecular complexity index is 537. The van der Waals surface area contributed by atoms with E-state index in [4.69, 9.17) is 11.6 Å². The van der Waals surface area contributed by atoms with Gasteiger partial charge >= 0.3 is 0 Å². The van der Waals surface area contributed by atoms with Gasteiger partial charge in [0, 0.05) is 10.6 Å². The van der Waals surface area contributed by atoms with Gasteiger partial charge in [0.2, 0.25) is 0 Å². The number of hydrogen-bond donors (Lipinski definition) is 1. The molecule has 2 aromatic rings. The summed E-state index contributed by atoms with van der Waals surface area (Å²) in [6.07, 6.45) is 0. The molecule has 0 aliphatic carbocycles. The fourth-order valence-corrected chi connectivity index (χ4v) is 2.17. The van der Waals surface area contributed by atoms with Crippen molar-refractivity contribution < 1.29 is 4.39 Å². The normalized spacial score (nSPS) is 12.4. The van der Waals surface area contributed by atoms with Crippen molar-refractivity contribution in [2.24, 2.45) is 0 Å². The van der Waals surface area contributed by atoms with Crippen LogP contribution in [-0.2, 0) is 0 Å². The summed E-state index contributed by atoms with van der Waals surface area (Å²) in [4.78, 5) is 0. The third-order valence-electron chi connectivity index (χ3n) is 2.95. The van der Waals surface area contributed by atoms with Crippen molar-refractivity contribution >= 4 is 11.6 Å². The van der Waals surface area contributed by atoms with Crippen molar-refractivity contribution in [1.82, 2.24) is 5.32 Å². The molecular formula is C15H15ClFN. The average Bonchev–Trinajstić information content (AvgIpc) is 2.37. The molecule has 0 aliphatic heterocycles. The van der Waals surface area contributed by atoms with E-state index >= 15 is 0 Å². The molecule has 0 amide bonds. The lowest BCUT2D eigenvalue weighted by Gasteiger charge is -2.18. The second-order valence-electron chi connectivity index (χ2n) is 4.30. The van der Waals surface area contributed by atoms with Gasteiger partial charge in [-0.1, -0.05) is 41.4 Å². The van der Waals surface area contributed by atoms with Crippen molar-refractivity contribution in [3.63, 3.8) is 0 Å². The number of rotatable bonds is 3. The molecule has 3 heteroatoms. The molecule has 0 fully saturated rings. The van der Waals surface area contributed by atoms with Gasteiger partial charge in [-0.2, -0.15) is 0 Å². The van der Waals surface area contributed by atoms with Crippen LogP contribution >= 0.6 is 11.6 Å². The van der Waals surface area contributed by atoms with Gasteiger partial charge in [0.05, 0.1) is 6.04 Å². The fraction of sp³-hybridized carbons (Fsp3) is 0.200. The fourth-order valence-electron chi connectivity index (χ4n) is 2.04. The van der Waals surface area contributed by atoms with E-state index < -0.39 is 0 Å². The highest BCUT2D eigenvalue weighted by Crippen LogP contribution is 2.26. The van der Waals surface area contributed by atoms with Gasteiger partial charge in [0.1, 0.15) is 5.82 Å². The summed E-state index contributed by atoms with van der Waals surface area (Å²) >= 11 is 5.87. The number of halogens is 2. The summed E-state index contributed by atoms with van der Waals surface area (Å²) in [5, 5.41) is 3.82. The zero-order chi connectivity index (χ0) is 13.1. The lowest BCUT2D eigenvalue weighted by molar-refractivity contribution is 0.575. The van der Waals surface area contributed by atoms with E-state index in [1.54, 1.807) is 6.07 Å². The SMILES string of the molecule is CNC(c1ccc(Cl)cc1)c1cc(C)ccc1F. The van der Waals surface area contributed by atoms with Crippen molar-refractivity contribution in [1.29, 1.82) is 0 Å². The number of hydrogen-bond acceptors (Lipinski definition) is 1. The minimum Gasteiger partial charge on any atom is -0.309 e. The van der Waals surface area contributed by atoms with Crippen LogP contribution in [0.5, 0.6) is 0 Å². The Kier molecular flexibility index (Phi) is 4.00. The highest BCUT2D eigenvalue weighted by Gasteiger charge is 2.16. The second kappa shape index (κ2) is 5.51. The topological polar surface area (TPSA) is 12.0 Å².